The van der Waals surface area contributed by atoms with Gasteiger partial charge in [-0.15, -0.1) is 0 Å². The molecule has 1 aromatic rings. The second kappa shape index (κ2) is 6.71. The van der Waals surface area contributed by atoms with Gasteiger partial charge in [0.2, 0.25) is 0 Å². The van der Waals surface area contributed by atoms with E-state index in [1.807, 2.05) is 6.20 Å². The van der Waals surface area contributed by atoms with Gasteiger partial charge in [-0.05, 0) is 31.0 Å². The molecule has 0 amide bonds. The van der Waals surface area contributed by atoms with Crippen LogP contribution in [0.4, 0.5) is 0 Å². The molecule has 0 atom stereocenters. The second-order valence-electron chi connectivity index (χ2n) is 6.71. The van der Waals surface area contributed by atoms with E-state index < -0.39 is 8.32 Å². The van der Waals surface area contributed by atoms with Crippen LogP contribution in [0.1, 0.15) is 46.4 Å². The van der Waals surface area contributed by atoms with Crippen LogP contribution in [0.3, 0.4) is 0 Å². The highest BCUT2D eigenvalue weighted by molar-refractivity contribution is 6.74. The predicted octanol–water partition coefficient (Wildman–Crippen LogP) is 4.25. The highest BCUT2D eigenvalue weighted by Gasteiger charge is 2.36. The number of nitrogens with zero attached hydrogens (tertiary/aromatic N) is 2. The van der Waals surface area contributed by atoms with E-state index in [0.29, 0.717) is 5.04 Å². The molecule has 4 heteroatoms. The molecular formula is C15H30N2OSi. The molecule has 1 rings (SSSR count). The standard InChI is InChI=1S/C15H30N2OSi/c1-7-14-16-10-12-17(14)11-8-9-13-18-19(5,6)15(2,3)4/h10,12H,7-9,11,13H2,1-6H3. The largest absolute Gasteiger partial charge is 0.417 e. The number of rotatable bonds is 7. The Morgan fingerprint density at radius 1 is 1.26 bits per heavy atom. The number of imidazole rings is 1. The van der Waals surface area contributed by atoms with Gasteiger partial charge in [-0.3, -0.25) is 0 Å². The first-order valence-corrected chi connectivity index (χ1v) is 10.3. The lowest BCUT2D eigenvalue weighted by Crippen LogP contribution is -2.40. The van der Waals surface area contributed by atoms with Crippen LogP contribution in [-0.4, -0.2) is 24.5 Å². The summed E-state index contributed by atoms with van der Waals surface area (Å²) in [5, 5.41) is 0.312. The van der Waals surface area contributed by atoms with Crippen molar-refractivity contribution in [3.63, 3.8) is 0 Å². The van der Waals surface area contributed by atoms with Gasteiger partial charge < -0.3 is 8.99 Å². The van der Waals surface area contributed by atoms with E-state index in [1.165, 1.54) is 5.82 Å². The fourth-order valence-corrected chi connectivity index (χ4v) is 2.87. The lowest BCUT2D eigenvalue weighted by atomic mass is 10.2. The third-order valence-corrected chi connectivity index (χ3v) is 8.72. The van der Waals surface area contributed by atoms with Crippen molar-refractivity contribution in [2.24, 2.45) is 0 Å². The molecule has 0 spiro atoms. The van der Waals surface area contributed by atoms with Crippen LogP contribution >= 0.6 is 0 Å². The first-order valence-electron chi connectivity index (χ1n) is 7.42. The van der Waals surface area contributed by atoms with E-state index in [2.05, 4.69) is 56.5 Å². The molecule has 3 nitrogen and oxygen atoms in total. The Hall–Kier alpha value is -0.613. The average molecular weight is 283 g/mol. The number of aromatic nitrogens is 2. The van der Waals surface area contributed by atoms with Crippen LogP contribution in [0.25, 0.3) is 0 Å². The molecular weight excluding hydrogens is 252 g/mol. The number of hydrogen-bond acceptors (Lipinski definition) is 2. The third kappa shape index (κ3) is 4.77. The zero-order valence-corrected chi connectivity index (χ0v) is 14.5. The van der Waals surface area contributed by atoms with Crippen molar-refractivity contribution in [2.75, 3.05) is 6.61 Å². The summed E-state index contributed by atoms with van der Waals surface area (Å²) in [6.45, 7) is 15.6. The summed E-state index contributed by atoms with van der Waals surface area (Å²) in [7, 11) is -1.56. The molecule has 0 aliphatic carbocycles. The zero-order valence-electron chi connectivity index (χ0n) is 13.5. The maximum absolute atomic E-state index is 6.18. The van der Waals surface area contributed by atoms with Crippen LogP contribution in [0.2, 0.25) is 18.1 Å². The van der Waals surface area contributed by atoms with E-state index in [1.54, 1.807) is 0 Å². The maximum atomic E-state index is 6.18. The van der Waals surface area contributed by atoms with Crippen molar-refractivity contribution in [1.82, 2.24) is 9.55 Å². The van der Waals surface area contributed by atoms with E-state index in [9.17, 15) is 0 Å². The van der Waals surface area contributed by atoms with Gasteiger partial charge in [0.15, 0.2) is 8.32 Å². The molecule has 0 bridgehead atoms. The van der Waals surface area contributed by atoms with Crippen molar-refractivity contribution in [3.8, 4) is 0 Å². The van der Waals surface area contributed by atoms with Gasteiger partial charge in [-0.1, -0.05) is 27.7 Å². The molecule has 0 aliphatic rings. The minimum Gasteiger partial charge on any atom is -0.417 e. The fraction of sp³-hybridized carbons (Fsp3) is 0.800. The minimum atomic E-state index is -1.56. The van der Waals surface area contributed by atoms with Crippen LogP contribution in [-0.2, 0) is 17.4 Å². The zero-order chi connectivity index (χ0) is 14.5. The summed E-state index contributed by atoms with van der Waals surface area (Å²) in [4.78, 5) is 4.34. The van der Waals surface area contributed by atoms with Crippen LogP contribution < -0.4 is 0 Å². The lowest BCUT2D eigenvalue weighted by molar-refractivity contribution is 0.276. The average Bonchev–Trinajstić information content (AvgIpc) is 2.74. The summed E-state index contributed by atoms with van der Waals surface area (Å²) in [5.74, 6) is 1.19. The van der Waals surface area contributed by atoms with Crippen molar-refractivity contribution in [3.05, 3.63) is 18.2 Å². The summed E-state index contributed by atoms with van der Waals surface area (Å²) < 4.78 is 8.44. The molecule has 0 unspecified atom stereocenters. The molecule has 0 N–H and O–H groups in total. The SMILES string of the molecule is CCc1nccn1CCCCO[Si](C)(C)C(C)(C)C. The monoisotopic (exact) mass is 282 g/mol. The molecule has 0 aliphatic heterocycles. The van der Waals surface area contributed by atoms with Crippen molar-refractivity contribution in [2.45, 2.75) is 71.6 Å². The van der Waals surface area contributed by atoms with Gasteiger partial charge in [0, 0.05) is 32.0 Å². The molecule has 0 saturated heterocycles. The third-order valence-electron chi connectivity index (χ3n) is 4.18. The van der Waals surface area contributed by atoms with Crippen molar-refractivity contribution >= 4 is 8.32 Å². The number of hydrogen-bond donors (Lipinski definition) is 0. The topological polar surface area (TPSA) is 27.1 Å². The number of unbranched alkanes of at least 4 members (excludes halogenated alkanes) is 1. The normalized spacial score (nSPS) is 12.9. The van der Waals surface area contributed by atoms with Gasteiger partial charge >= 0.3 is 0 Å². The Labute approximate surface area is 119 Å². The molecule has 1 heterocycles. The molecule has 0 radical (unpaired) electrons. The number of aryl methyl sites for hydroxylation is 2. The van der Waals surface area contributed by atoms with E-state index in [0.717, 1.165) is 32.4 Å². The summed E-state index contributed by atoms with van der Waals surface area (Å²) in [5.41, 5.74) is 0. The van der Waals surface area contributed by atoms with Crippen molar-refractivity contribution < 1.29 is 4.43 Å². The molecule has 0 saturated carbocycles. The predicted molar refractivity (Wildman–Crippen MR) is 84.0 cm³/mol. The molecule has 0 aromatic carbocycles. The molecule has 19 heavy (non-hydrogen) atoms. The Bertz CT molecular complexity index is 380. The quantitative estimate of drug-likeness (QED) is 0.552. The van der Waals surface area contributed by atoms with Crippen LogP contribution in [0.15, 0.2) is 12.4 Å². The van der Waals surface area contributed by atoms with Crippen molar-refractivity contribution in [1.29, 1.82) is 0 Å². The van der Waals surface area contributed by atoms with Gasteiger partial charge in [0.25, 0.3) is 0 Å². The highest BCUT2D eigenvalue weighted by atomic mass is 28.4. The second-order valence-corrected chi connectivity index (χ2v) is 11.5. The smallest absolute Gasteiger partial charge is 0.191 e. The Morgan fingerprint density at radius 3 is 2.53 bits per heavy atom. The van der Waals surface area contributed by atoms with Crippen LogP contribution in [0, 0.1) is 0 Å². The van der Waals surface area contributed by atoms with E-state index in [-0.39, 0.29) is 0 Å². The maximum Gasteiger partial charge on any atom is 0.191 e. The highest BCUT2D eigenvalue weighted by Crippen LogP contribution is 2.36. The molecule has 110 valence electrons. The molecule has 1 aromatic heterocycles. The van der Waals surface area contributed by atoms with Gasteiger partial charge in [0.05, 0.1) is 0 Å². The minimum absolute atomic E-state index is 0.312. The Balaban J connectivity index is 2.25. The van der Waals surface area contributed by atoms with Gasteiger partial charge in [0.1, 0.15) is 5.82 Å². The van der Waals surface area contributed by atoms with Gasteiger partial charge in [-0.25, -0.2) is 4.98 Å². The first kappa shape index (κ1) is 16.4. The lowest BCUT2D eigenvalue weighted by Gasteiger charge is -2.36. The van der Waals surface area contributed by atoms with E-state index in [4.69, 9.17) is 4.43 Å². The van der Waals surface area contributed by atoms with E-state index >= 15 is 0 Å². The Morgan fingerprint density at radius 2 is 1.95 bits per heavy atom. The summed E-state index contributed by atoms with van der Waals surface area (Å²) in [6, 6.07) is 0. The van der Waals surface area contributed by atoms with Gasteiger partial charge in [-0.2, -0.15) is 0 Å². The fourth-order valence-electron chi connectivity index (χ4n) is 1.79. The summed E-state index contributed by atoms with van der Waals surface area (Å²) in [6.07, 6.45) is 7.28. The molecule has 0 fully saturated rings. The first-order chi connectivity index (χ1) is 8.78. The Kier molecular flexibility index (Phi) is 5.80. The van der Waals surface area contributed by atoms with Crippen LogP contribution in [0.5, 0.6) is 0 Å². The summed E-state index contributed by atoms with van der Waals surface area (Å²) >= 11 is 0.